The summed E-state index contributed by atoms with van der Waals surface area (Å²) in [7, 11) is 0. The molecule has 0 saturated carbocycles. The summed E-state index contributed by atoms with van der Waals surface area (Å²) in [5, 5.41) is 123. The number of carbonyl (C=O) groups excluding carboxylic acids is 7. The van der Waals surface area contributed by atoms with Gasteiger partial charge in [0, 0.05) is 57.1 Å². The molecule has 99 heavy (non-hydrogen) atoms. The van der Waals surface area contributed by atoms with Crippen LogP contribution in [0.25, 0.3) is 0 Å². The average molecular weight is 1400 g/mol. The Labute approximate surface area is 572 Å². The van der Waals surface area contributed by atoms with Crippen molar-refractivity contribution in [3.63, 3.8) is 0 Å². The van der Waals surface area contributed by atoms with E-state index in [4.69, 9.17) is 11.5 Å². The molecule has 7 rings (SSSR count). The second-order valence-electron chi connectivity index (χ2n) is 26.1. The second kappa shape index (κ2) is 38.7. The summed E-state index contributed by atoms with van der Waals surface area (Å²) in [4.78, 5) is 110. The van der Waals surface area contributed by atoms with Gasteiger partial charge in [-0.2, -0.15) is 10.2 Å². The zero-order valence-corrected chi connectivity index (χ0v) is 56.3. The molecule has 0 aliphatic carbocycles. The molecule has 0 radical (unpaired) electrons. The van der Waals surface area contributed by atoms with Gasteiger partial charge in [-0.15, -0.1) is 0 Å². The molecule has 3 aliphatic rings. The smallest absolute Gasteiger partial charge is 0.248 e. The van der Waals surface area contributed by atoms with Crippen LogP contribution in [0.1, 0.15) is 135 Å². The van der Waals surface area contributed by atoms with E-state index in [1.807, 2.05) is 0 Å². The molecule has 3 saturated heterocycles. The van der Waals surface area contributed by atoms with E-state index in [0.29, 0.717) is 24.7 Å². The monoisotopic (exact) mass is 1400 g/mol. The van der Waals surface area contributed by atoms with Crippen molar-refractivity contribution in [2.75, 3.05) is 32.7 Å². The Hall–Kier alpha value is -7.77. The molecule has 550 valence electrons. The van der Waals surface area contributed by atoms with E-state index >= 15 is 0 Å². The van der Waals surface area contributed by atoms with Gasteiger partial charge in [-0.05, 0) is 74.8 Å². The number of hydrogen-bond donors (Lipinski definition) is 17. The number of aliphatic hydroxyl groups excluding tert-OH is 7. The second-order valence-corrected chi connectivity index (χ2v) is 26.1. The van der Waals surface area contributed by atoms with Crippen molar-refractivity contribution in [3.8, 4) is 5.75 Å². The number of hydrogen-bond acceptors (Lipinski definition) is 23. The number of phenols is 1. The molecule has 34 heteroatoms. The molecule has 2 aromatic heterocycles. The number of aromatic hydroxyl groups is 1. The first-order valence-corrected chi connectivity index (χ1v) is 33.7. The topological polar surface area (TPSA) is 494 Å². The molecule has 3 fully saturated rings. The number of nitrogens with two attached hydrogens (primary N) is 2. The van der Waals surface area contributed by atoms with Crippen molar-refractivity contribution < 1.29 is 88.3 Å². The number of aliphatic hydroxyl groups is 8. The van der Waals surface area contributed by atoms with Crippen molar-refractivity contribution >= 4 is 41.4 Å². The minimum absolute atomic E-state index is 0.0257. The molecule has 3 aliphatic heterocycles. The number of carbonyl (C=O) groups is 7. The normalized spacial score (nSPS) is 24.9. The van der Waals surface area contributed by atoms with Crippen LogP contribution in [0, 0.1) is 23.5 Å². The fourth-order valence-electron chi connectivity index (χ4n) is 12.5. The van der Waals surface area contributed by atoms with Crippen LogP contribution in [0.5, 0.6) is 5.75 Å². The molecule has 2 aromatic carbocycles. The van der Waals surface area contributed by atoms with E-state index < -0.39 is 163 Å². The number of nitrogens with one attached hydrogen (secondary N) is 6. The van der Waals surface area contributed by atoms with Gasteiger partial charge in [0.25, 0.3) is 0 Å². The number of unbranched alkanes of at least 4 members (excludes halogenated alkanes) is 5. The Bertz CT molecular complexity index is 3160. The third-order valence-electron chi connectivity index (χ3n) is 18.1. The first-order valence-electron chi connectivity index (χ1n) is 33.7. The van der Waals surface area contributed by atoms with E-state index in [0.717, 1.165) is 67.4 Å². The summed E-state index contributed by atoms with van der Waals surface area (Å²) >= 11 is 0. The highest BCUT2D eigenvalue weighted by Crippen LogP contribution is 2.30. The van der Waals surface area contributed by atoms with Crippen molar-refractivity contribution in [2.24, 2.45) is 23.3 Å². The van der Waals surface area contributed by atoms with E-state index in [2.05, 4.69) is 72.8 Å². The minimum atomic E-state index is -2.28. The zero-order chi connectivity index (χ0) is 72.7. The van der Waals surface area contributed by atoms with Gasteiger partial charge in [0.15, 0.2) is 0 Å². The van der Waals surface area contributed by atoms with Crippen LogP contribution in [0.15, 0.2) is 67.8 Å². The Morgan fingerprint density at radius 1 is 0.717 bits per heavy atom. The first kappa shape index (κ1) is 80.2. The Morgan fingerprint density at radius 3 is 1.93 bits per heavy atom. The highest BCUT2D eigenvalue weighted by molar-refractivity contribution is 5.98. The van der Waals surface area contributed by atoms with Crippen molar-refractivity contribution in [1.82, 2.24) is 71.2 Å². The predicted molar refractivity (Wildman–Crippen MR) is 350 cm³/mol. The highest BCUT2D eigenvalue weighted by Gasteiger charge is 2.49. The summed E-state index contributed by atoms with van der Waals surface area (Å²) in [6.07, 6.45) is -1.55. The highest BCUT2D eigenvalue weighted by atomic mass is 19.1. The van der Waals surface area contributed by atoms with Gasteiger partial charge in [0.2, 0.25) is 41.4 Å². The van der Waals surface area contributed by atoms with Crippen molar-refractivity contribution in [1.29, 1.82) is 0 Å². The van der Waals surface area contributed by atoms with Gasteiger partial charge in [0.05, 0.1) is 43.6 Å². The van der Waals surface area contributed by atoms with Gasteiger partial charge in [0.1, 0.15) is 103 Å². The first-order chi connectivity index (χ1) is 47.1. The van der Waals surface area contributed by atoms with Crippen molar-refractivity contribution in [3.05, 3.63) is 90.5 Å². The SMILES string of the molecule is CCC(C)CC(C)CCCCCCCCC(=O)N[C@H]1C[C@@H](O)[C@@H](NCCN)NC(=O)[C@@H]2[C@@H](O)CCN2C(=O)[C@H]([C@H](O)CCN)NC(=O)[C@H]([C@H](O)[C@@H](O)c2ccc(O)cc2)NC(=O)[C@@H]2C[C@@H](O)CN2C(=O)[C@H]([C@@H](C)O)NC1=O.OC(Cn1cncn1)(Cn1cncn1)c1ccc(F)cc1F. The zero-order valence-electron chi connectivity index (χ0n) is 56.3. The number of fused-ring (bicyclic) bond motifs is 2. The summed E-state index contributed by atoms with van der Waals surface area (Å²) in [6.45, 7) is 6.59. The van der Waals surface area contributed by atoms with Gasteiger partial charge in [-0.3, -0.25) is 38.9 Å². The number of aromatic nitrogens is 6. The molecule has 2 unspecified atom stereocenters. The number of amides is 7. The largest absolute Gasteiger partial charge is 0.508 e. The molecule has 32 nitrogen and oxygen atoms in total. The van der Waals surface area contributed by atoms with E-state index in [1.165, 1.54) is 71.4 Å². The van der Waals surface area contributed by atoms with Gasteiger partial charge in [-0.1, -0.05) is 83.9 Å². The Kier molecular flexibility index (Phi) is 31.4. The fraction of sp³-hybridized carbons (Fsp3) is 0.646. The van der Waals surface area contributed by atoms with E-state index in [1.54, 1.807) is 0 Å². The molecule has 0 bridgehead atoms. The Balaban J connectivity index is 0.000000587. The van der Waals surface area contributed by atoms with E-state index in [9.17, 15) is 88.3 Å². The molecular weight excluding hydrogens is 1300 g/mol. The molecule has 7 amide bonds. The molecular formula is C65H100F2N16O16. The number of halogens is 2. The maximum atomic E-state index is 14.6. The number of benzene rings is 2. The van der Waals surface area contributed by atoms with Crippen LogP contribution < -0.4 is 43.4 Å². The third kappa shape index (κ3) is 23.1. The summed E-state index contributed by atoms with van der Waals surface area (Å²) < 4.78 is 29.9. The number of rotatable bonds is 28. The molecule has 19 N–H and O–H groups in total. The fourth-order valence-corrected chi connectivity index (χ4v) is 12.5. The predicted octanol–water partition coefficient (Wildman–Crippen LogP) is -2.58. The van der Waals surface area contributed by atoms with Gasteiger partial charge in [-0.25, -0.2) is 28.1 Å². The molecule has 5 heterocycles. The standard InChI is InChI=1S/C52H88N10O15.C13H12F2N6O/c1-5-28(2)24-29(3)12-10-8-6-7-9-11-13-39(69)56-34-26-38(68)46(55-22-21-54)60-50(75)43-37(67)19-23-61(43)52(77)41(36(66)18-20-53)58-49(74)42(45(71)44(70)31-14-16-32(64)17-15-31)59-48(73)35-25-33(65)27-62(35)51(76)40(30(4)63)57-47(34)72;14-10-1-2-11(12(15)3-10)13(22,4-20-8-16-6-18-20)5-21-9-17-7-19-21/h14-17,28-30,33-38,40-46,55,63-68,70-71H,5-13,18-27,53-54H2,1-4H3,(H,56,69)(H,57,72)(H,58,74)(H,59,73)(H,60,75);1-3,6-9,22H,4-5H2/t28?,29?,30-,33-,34+,35+,36-,37+,38-,40+,41+,42+,43+,44+,45+,46+;/m1./s1. The molecule has 4 aromatic rings. The van der Waals surface area contributed by atoms with Gasteiger partial charge < -0.3 is 93.8 Å². The maximum Gasteiger partial charge on any atom is 0.248 e. The van der Waals surface area contributed by atoms with Crippen LogP contribution in [-0.2, 0) is 52.3 Å². The van der Waals surface area contributed by atoms with Crippen molar-refractivity contribution in [2.45, 2.75) is 221 Å². The lowest BCUT2D eigenvalue weighted by atomic mass is 9.91. The van der Waals surface area contributed by atoms with Crippen LogP contribution >= 0.6 is 0 Å². The molecule has 16 atom stereocenters. The van der Waals surface area contributed by atoms with Gasteiger partial charge >= 0.3 is 0 Å². The summed E-state index contributed by atoms with van der Waals surface area (Å²) in [5.74, 6) is -8.00. The lowest BCUT2D eigenvalue weighted by Gasteiger charge is -2.35. The number of phenolic OH excluding ortho intramolecular Hbond substituents is 1. The minimum Gasteiger partial charge on any atom is -0.508 e. The van der Waals surface area contributed by atoms with Crippen LogP contribution in [0.4, 0.5) is 8.78 Å². The summed E-state index contributed by atoms with van der Waals surface area (Å²) in [6, 6.07) is -3.38. The summed E-state index contributed by atoms with van der Waals surface area (Å²) in [5.41, 5.74) is 9.73. The quantitative estimate of drug-likeness (QED) is 0.0260. The Morgan fingerprint density at radius 2 is 1.33 bits per heavy atom. The lowest BCUT2D eigenvalue weighted by molar-refractivity contribution is -0.148. The lowest BCUT2D eigenvalue weighted by Crippen LogP contribution is -2.65. The van der Waals surface area contributed by atoms with E-state index in [-0.39, 0.29) is 75.4 Å². The molecule has 0 spiro atoms. The van der Waals surface area contributed by atoms with Crippen LogP contribution in [0.2, 0.25) is 0 Å². The van der Waals surface area contributed by atoms with Crippen LogP contribution in [-0.4, -0.2) is 238 Å². The maximum absolute atomic E-state index is 14.6. The average Bonchev–Trinajstić information content (AvgIpc) is 1.79. The van der Waals surface area contributed by atoms with Crippen LogP contribution in [0.3, 0.4) is 0 Å². The number of nitrogens with zero attached hydrogens (tertiary/aromatic N) is 8. The third-order valence-corrected chi connectivity index (χ3v) is 18.1.